The van der Waals surface area contributed by atoms with Gasteiger partial charge < -0.3 is 20.3 Å². The Hall–Kier alpha value is -4.14. The minimum atomic E-state index is -0.376. The van der Waals surface area contributed by atoms with Crippen LogP contribution >= 0.6 is 11.6 Å². The van der Waals surface area contributed by atoms with Gasteiger partial charge >= 0.3 is 0 Å². The van der Waals surface area contributed by atoms with Gasteiger partial charge in [-0.1, -0.05) is 35.9 Å². The van der Waals surface area contributed by atoms with Crippen molar-refractivity contribution in [3.05, 3.63) is 94.1 Å². The second kappa shape index (κ2) is 12.8. The molecule has 3 aromatic carbocycles. The summed E-state index contributed by atoms with van der Waals surface area (Å²) in [5, 5.41) is 6.67. The summed E-state index contributed by atoms with van der Waals surface area (Å²) in [7, 11) is 0. The summed E-state index contributed by atoms with van der Waals surface area (Å²) < 4.78 is 6.12. The van der Waals surface area contributed by atoms with Crippen LogP contribution in [0.25, 0.3) is 0 Å². The van der Waals surface area contributed by atoms with Gasteiger partial charge in [-0.05, 0) is 87.7 Å². The van der Waals surface area contributed by atoms with Crippen LogP contribution < -0.4 is 20.3 Å². The number of piperazine rings is 1. The van der Waals surface area contributed by atoms with Crippen molar-refractivity contribution >= 4 is 40.5 Å². The molecule has 1 aliphatic rings. The summed E-state index contributed by atoms with van der Waals surface area (Å²) in [5.74, 6) is 0.422. The lowest BCUT2D eigenvalue weighted by molar-refractivity contribution is 0.102. The Labute approximate surface area is 252 Å². The normalized spacial score (nSPS) is 13.7. The van der Waals surface area contributed by atoms with Crippen LogP contribution in [0.4, 0.5) is 23.0 Å². The van der Waals surface area contributed by atoms with Gasteiger partial charge in [0.25, 0.3) is 5.91 Å². The molecule has 0 atom stereocenters. The number of carbonyl (C=O) groups excluding carboxylic acids is 1. The molecule has 1 amide bonds. The third-order valence-corrected chi connectivity index (χ3v) is 7.84. The standard InChI is InChI=1S/C33H37ClN6O2/c1-21(2)39-15-17-40(18-16-39)26-12-10-25(11-13-26)36-33-35-20-27(31(41)37-30-23(4)7-6-8-24(30)5)32(38-33)42-29-14-9-22(3)19-28(29)34/h6-14,19-21H,15-18H2,1-5H3,(H,37,41)(H,35,36,38). The van der Waals surface area contributed by atoms with E-state index in [4.69, 9.17) is 16.3 Å². The van der Waals surface area contributed by atoms with E-state index >= 15 is 0 Å². The fourth-order valence-corrected chi connectivity index (χ4v) is 5.30. The highest BCUT2D eigenvalue weighted by Gasteiger charge is 2.21. The maximum atomic E-state index is 13.5. The zero-order chi connectivity index (χ0) is 29.8. The van der Waals surface area contributed by atoms with Gasteiger partial charge in [0.15, 0.2) is 0 Å². The maximum Gasteiger partial charge on any atom is 0.262 e. The molecular formula is C33H37ClN6O2. The highest BCUT2D eigenvalue weighted by Crippen LogP contribution is 2.32. The maximum absolute atomic E-state index is 13.5. The Morgan fingerprint density at radius 2 is 1.64 bits per heavy atom. The second-order valence-corrected chi connectivity index (χ2v) is 11.4. The Morgan fingerprint density at radius 3 is 2.29 bits per heavy atom. The van der Waals surface area contributed by atoms with Gasteiger partial charge in [-0.25, -0.2) is 4.98 Å². The number of benzene rings is 3. The van der Waals surface area contributed by atoms with E-state index in [9.17, 15) is 4.79 Å². The first kappa shape index (κ1) is 29.4. The Bertz CT molecular complexity index is 1550. The average Bonchev–Trinajstić information content (AvgIpc) is 2.97. The highest BCUT2D eigenvalue weighted by molar-refractivity contribution is 6.32. The number of aromatic nitrogens is 2. The van der Waals surface area contributed by atoms with E-state index in [-0.39, 0.29) is 17.4 Å². The van der Waals surface area contributed by atoms with Gasteiger partial charge in [-0.15, -0.1) is 0 Å². The average molecular weight is 585 g/mol. The number of anilines is 4. The van der Waals surface area contributed by atoms with Crippen molar-refractivity contribution in [1.29, 1.82) is 0 Å². The molecule has 5 rings (SSSR count). The number of hydrogen-bond donors (Lipinski definition) is 2. The Balaban J connectivity index is 1.37. The van der Waals surface area contributed by atoms with Crippen LogP contribution in [-0.4, -0.2) is 53.0 Å². The van der Waals surface area contributed by atoms with Crippen LogP contribution in [0.5, 0.6) is 11.6 Å². The number of ether oxygens (including phenoxy) is 1. The van der Waals surface area contributed by atoms with Crippen LogP contribution in [0, 0.1) is 20.8 Å². The minimum Gasteiger partial charge on any atom is -0.436 e. The molecule has 42 heavy (non-hydrogen) atoms. The smallest absolute Gasteiger partial charge is 0.262 e. The van der Waals surface area contributed by atoms with Crippen molar-refractivity contribution < 1.29 is 9.53 Å². The molecule has 2 N–H and O–H groups in total. The first-order chi connectivity index (χ1) is 20.2. The number of hydrogen-bond acceptors (Lipinski definition) is 7. The van der Waals surface area contributed by atoms with E-state index in [0.717, 1.165) is 54.2 Å². The number of para-hydroxylation sites is 1. The van der Waals surface area contributed by atoms with Crippen LogP contribution in [0.15, 0.2) is 66.9 Å². The molecule has 8 nitrogen and oxygen atoms in total. The summed E-state index contributed by atoms with van der Waals surface area (Å²) in [6, 6.07) is 20.1. The van der Waals surface area contributed by atoms with Crippen molar-refractivity contribution in [2.75, 3.05) is 41.7 Å². The summed E-state index contributed by atoms with van der Waals surface area (Å²) in [5.41, 5.74) is 5.85. The fraction of sp³-hybridized carbons (Fsp3) is 0.303. The molecule has 0 bridgehead atoms. The van der Waals surface area contributed by atoms with Gasteiger partial charge in [-0.3, -0.25) is 9.69 Å². The van der Waals surface area contributed by atoms with Gasteiger partial charge in [-0.2, -0.15) is 4.98 Å². The second-order valence-electron chi connectivity index (χ2n) is 11.0. The van der Waals surface area contributed by atoms with E-state index < -0.39 is 0 Å². The molecule has 0 aliphatic carbocycles. The predicted octanol–water partition coefficient (Wildman–Crippen LogP) is 7.37. The van der Waals surface area contributed by atoms with Crippen molar-refractivity contribution in [2.24, 2.45) is 0 Å². The molecule has 9 heteroatoms. The van der Waals surface area contributed by atoms with Crippen LogP contribution in [0.1, 0.15) is 40.9 Å². The number of aryl methyl sites for hydroxylation is 3. The number of amides is 1. The topological polar surface area (TPSA) is 82.6 Å². The number of carbonyl (C=O) groups is 1. The van der Waals surface area contributed by atoms with E-state index in [1.165, 1.54) is 11.9 Å². The SMILES string of the molecule is Cc1ccc(Oc2nc(Nc3ccc(N4CCN(C(C)C)CC4)cc3)ncc2C(=O)Nc2c(C)cccc2C)c(Cl)c1. The van der Waals surface area contributed by atoms with Crippen LogP contribution in [-0.2, 0) is 0 Å². The van der Waals surface area contributed by atoms with E-state index in [2.05, 4.69) is 56.4 Å². The highest BCUT2D eigenvalue weighted by atomic mass is 35.5. The molecule has 1 aromatic heterocycles. The lowest BCUT2D eigenvalue weighted by atomic mass is 10.1. The molecule has 1 fully saturated rings. The molecule has 0 unspecified atom stereocenters. The first-order valence-electron chi connectivity index (χ1n) is 14.2. The lowest BCUT2D eigenvalue weighted by Crippen LogP contribution is -2.48. The summed E-state index contributed by atoms with van der Waals surface area (Å²) in [6.07, 6.45) is 1.47. The third kappa shape index (κ3) is 6.83. The van der Waals surface area contributed by atoms with Gasteiger partial charge in [0.05, 0.1) is 5.02 Å². The van der Waals surface area contributed by atoms with E-state index in [1.807, 2.05) is 57.2 Å². The van der Waals surface area contributed by atoms with Gasteiger partial charge in [0, 0.05) is 55.5 Å². The van der Waals surface area contributed by atoms with Crippen molar-refractivity contribution in [1.82, 2.24) is 14.9 Å². The molecule has 1 aliphatic heterocycles. The molecule has 218 valence electrons. The predicted molar refractivity (Wildman–Crippen MR) is 171 cm³/mol. The van der Waals surface area contributed by atoms with E-state index in [0.29, 0.717) is 22.8 Å². The van der Waals surface area contributed by atoms with Crippen LogP contribution in [0.3, 0.4) is 0 Å². The summed E-state index contributed by atoms with van der Waals surface area (Å²) in [4.78, 5) is 27.4. The molecule has 0 radical (unpaired) electrons. The van der Waals surface area contributed by atoms with E-state index in [1.54, 1.807) is 12.1 Å². The number of halogens is 1. The fourth-order valence-electron chi connectivity index (χ4n) is 5.03. The third-order valence-electron chi connectivity index (χ3n) is 7.55. The summed E-state index contributed by atoms with van der Waals surface area (Å²) in [6.45, 7) is 14.5. The van der Waals surface area contributed by atoms with Gasteiger partial charge in [0.2, 0.25) is 11.8 Å². The van der Waals surface area contributed by atoms with Crippen molar-refractivity contribution in [3.8, 4) is 11.6 Å². The quantitative estimate of drug-likeness (QED) is 0.224. The zero-order valence-corrected chi connectivity index (χ0v) is 25.5. The molecule has 4 aromatic rings. The van der Waals surface area contributed by atoms with Crippen molar-refractivity contribution in [3.63, 3.8) is 0 Å². The number of nitrogens with one attached hydrogen (secondary N) is 2. The number of rotatable bonds is 8. The molecule has 2 heterocycles. The Kier molecular flexibility index (Phi) is 8.94. The summed E-state index contributed by atoms with van der Waals surface area (Å²) >= 11 is 6.46. The van der Waals surface area contributed by atoms with Crippen LogP contribution in [0.2, 0.25) is 5.02 Å². The zero-order valence-electron chi connectivity index (χ0n) is 24.7. The number of nitrogens with zero attached hydrogens (tertiary/aromatic N) is 4. The lowest BCUT2D eigenvalue weighted by Gasteiger charge is -2.38. The molecule has 1 saturated heterocycles. The largest absolute Gasteiger partial charge is 0.436 e. The van der Waals surface area contributed by atoms with Gasteiger partial charge in [0.1, 0.15) is 11.3 Å². The monoisotopic (exact) mass is 584 g/mol. The molecular weight excluding hydrogens is 548 g/mol. The van der Waals surface area contributed by atoms with Crippen molar-refractivity contribution in [2.45, 2.75) is 40.7 Å². The Morgan fingerprint density at radius 1 is 0.952 bits per heavy atom. The minimum absolute atomic E-state index is 0.0987. The molecule has 0 spiro atoms. The first-order valence-corrected chi connectivity index (χ1v) is 14.6. The molecule has 0 saturated carbocycles.